The molecule has 0 spiro atoms. The van der Waals surface area contributed by atoms with Gasteiger partial charge in [-0.25, -0.2) is 0 Å². The van der Waals surface area contributed by atoms with Gasteiger partial charge >= 0.3 is 0 Å². The van der Waals surface area contributed by atoms with E-state index in [0.717, 1.165) is 26.0 Å². The van der Waals surface area contributed by atoms with Gasteiger partial charge in [-0.3, -0.25) is 0 Å². The fourth-order valence-electron chi connectivity index (χ4n) is 2.82. The van der Waals surface area contributed by atoms with Crippen molar-refractivity contribution in [1.29, 1.82) is 0 Å². The lowest BCUT2D eigenvalue weighted by Gasteiger charge is -2.25. The molecule has 0 heterocycles. The summed E-state index contributed by atoms with van der Waals surface area (Å²) >= 11 is 0. The van der Waals surface area contributed by atoms with Crippen LogP contribution in [0.2, 0.25) is 0 Å². The van der Waals surface area contributed by atoms with Crippen molar-refractivity contribution >= 4 is 10.8 Å². The van der Waals surface area contributed by atoms with Gasteiger partial charge in [-0.2, -0.15) is 0 Å². The summed E-state index contributed by atoms with van der Waals surface area (Å²) in [6.07, 6.45) is 2.37. The molecule has 2 atom stereocenters. The fraction of sp³-hybridized carbons (Fsp3) is 0.474. The molecular formula is C19H27NO. The van der Waals surface area contributed by atoms with Crippen molar-refractivity contribution in [3.63, 3.8) is 0 Å². The highest BCUT2D eigenvalue weighted by atomic mass is 16.5. The lowest BCUT2D eigenvalue weighted by Crippen LogP contribution is -2.42. The highest BCUT2D eigenvalue weighted by Crippen LogP contribution is 2.21. The Balaban J connectivity index is 2.21. The van der Waals surface area contributed by atoms with Gasteiger partial charge in [0.15, 0.2) is 0 Å². The molecule has 0 saturated carbocycles. The molecule has 21 heavy (non-hydrogen) atoms. The van der Waals surface area contributed by atoms with E-state index in [2.05, 4.69) is 68.6 Å². The first kappa shape index (κ1) is 16.0. The third kappa shape index (κ3) is 4.29. The Bertz CT molecular complexity index is 547. The molecule has 2 nitrogen and oxygen atoms in total. The third-order valence-electron chi connectivity index (χ3n) is 3.97. The van der Waals surface area contributed by atoms with Crippen molar-refractivity contribution in [2.24, 2.45) is 0 Å². The standard InChI is InChI=1S/C19H27NO/c1-4-13-20-19(15(3)21-5-2)14-17-11-8-10-16-9-6-7-12-18(16)17/h6-12,15,19-20H,4-5,13-14H2,1-3H3. The second-order valence-electron chi connectivity index (χ2n) is 5.56. The summed E-state index contributed by atoms with van der Waals surface area (Å²) in [6.45, 7) is 8.23. The molecule has 2 aromatic carbocycles. The highest BCUT2D eigenvalue weighted by molar-refractivity contribution is 5.85. The number of nitrogens with one attached hydrogen (secondary N) is 1. The number of ether oxygens (including phenoxy) is 1. The van der Waals surface area contributed by atoms with E-state index >= 15 is 0 Å². The Morgan fingerprint density at radius 3 is 2.57 bits per heavy atom. The fourth-order valence-corrected chi connectivity index (χ4v) is 2.82. The molecule has 0 aromatic heterocycles. The molecule has 0 amide bonds. The van der Waals surface area contributed by atoms with Crippen molar-refractivity contribution in [2.75, 3.05) is 13.2 Å². The first-order valence-electron chi connectivity index (χ1n) is 8.07. The highest BCUT2D eigenvalue weighted by Gasteiger charge is 2.18. The Morgan fingerprint density at radius 1 is 1.05 bits per heavy atom. The number of hydrogen-bond donors (Lipinski definition) is 1. The van der Waals surface area contributed by atoms with Crippen LogP contribution in [0.4, 0.5) is 0 Å². The normalized spacial score (nSPS) is 14.2. The Hall–Kier alpha value is -1.38. The minimum Gasteiger partial charge on any atom is -0.377 e. The Labute approximate surface area is 128 Å². The van der Waals surface area contributed by atoms with Crippen LogP contribution in [-0.4, -0.2) is 25.3 Å². The zero-order chi connectivity index (χ0) is 15.1. The summed E-state index contributed by atoms with van der Waals surface area (Å²) in [5, 5.41) is 6.31. The smallest absolute Gasteiger partial charge is 0.0703 e. The first-order valence-corrected chi connectivity index (χ1v) is 8.07. The molecule has 0 bridgehead atoms. The molecule has 114 valence electrons. The molecule has 0 aliphatic heterocycles. The maximum Gasteiger partial charge on any atom is 0.0703 e. The molecule has 0 saturated heterocycles. The SMILES string of the molecule is CCCNC(Cc1cccc2ccccc12)C(C)OCC. The van der Waals surface area contributed by atoms with E-state index in [9.17, 15) is 0 Å². The van der Waals surface area contributed by atoms with Gasteiger partial charge in [0.25, 0.3) is 0 Å². The average Bonchev–Trinajstić information content (AvgIpc) is 2.51. The van der Waals surface area contributed by atoms with Crippen LogP contribution in [0.25, 0.3) is 10.8 Å². The predicted octanol–water partition coefficient (Wildman–Crippen LogP) is 4.18. The predicted molar refractivity (Wildman–Crippen MR) is 90.8 cm³/mol. The zero-order valence-electron chi connectivity index (χ0n) is 13.4. The lowest BCUT2D eigenvalue weighted by atomic mass is 9.96. The largest absolute Gasteiger partial charge is 0.377 e. The van der Waals surface area contributed by atoms with E-state index in [4.69, 9.17) is 4.74 Å². The van der Waals surface area contributed by atoms with Crippen LogP contribution in [0.15, 0.2) is 42.5 Å². The maximum atomic E-state index is 5.82. The molecule has 0 aliphatic carbocycles. The van der Waals surface area contributed by atoms with Gasteiger partial charge < -0.3 is 10.1 Å². The van der Waals surface area contributed by atoms with Crippen LogP contribution < -0.4 is 5.32 Å². The number of rotatable bonds is 8. The number of hydrogen-bond acceptors (Lipinski definition) is 2. The zero-order valence-corrected chi connectivity index (χ0v) is 13.4. The molecule has 2 unspecified atom stereocenters. The van der Waals surface area contributed by atoms with Gasteiger partial charge in [0.05, 0.1) is 6.10 Å². The molecule has 2 rings (SSSR count). The monoisotopic (exact) mass is 285 g/mol. The molecule has 0 fully saturated rings. The number of benzene rings is 2. The van der Waals surface area contributed by atoms with Crippen molar-refractivity contribution in [3.05, 3.63) is 48.0 Å². The summed E-state index contributed by atoms with van der Waals surface area (Å²) in [6, 6.07) is 15.5. The van der Waals surface area contributed by atoms with Crippen LogP contribution in [0.1, 0.15) is 32.8 Å². The summed E-state index contributed by atoms with van der Waals surface area (Å²) < 4.78 is 5.82. The van der Waals surface area contributed by atoms with E-state index in [1.165, 1.54) is 16.3 Å². The van der Waals surface area contributed by atoms with Crippen LogP contribution in [0.3, 0.4) is 0 Å². The molecule has 0 aliphatic rings. The molecule has 2 heteroatoms. The lowest BCUT2D eigenvalue weighted by molar-refractivity contribution is 0.0477. The van der Waals surface area contributed by atoms with Crippen LogP contribution in [0.5, 0.6) is 0 Å². The van der Waals surface area contributed by atoms with Gasteiger partial charge in [-0.05, 0) is 49.6 Å². The maximum absolute atomic E-state index is 5.82. The summed E-state index contributed by atoms with van der Waals surface area (Å²) in [4.78, 5) is 0. The van der Waals surface area contributed by atoms with Crippen LogP contribution in [-0.2, 0) is 11.2 Å². The van der Waals surface area contributed by atoms with Crippen molar-refractivity contribution in [3.8, 4) is 0 Å². The van der Waals surface area contributed by atoms with Gasteiger partial charge in [0, 0.05) is 12.6 Å². The van der Waals surface area contributed by atoms with Crippen LogP contribution in [0, 0.1) is 0 Å². The minimum atomic E-state index is 0.223. The molecule has 2 aromatic rings. The van der Waals surface area contributed by atoms with Gasteiger partial charge in [0.1, 0.15) is 0 Å². The molecular weight excluding hydrogens is 258 g/mol. The second kappa shape index (κ2) is 8.16. The topological polar surface area (TPSA) is 21.3 Å². The van der Waals surface area contributed by atoms with Crippen molar-refractivity contribution in [1.82, 2.24) is 5.32 Å². The molecule has 1 N–H and O–H groups in total. The summed E-state index contributed by atoms with van der Waals surface area (Å²) in [5.41, 5.74) is 1.40. The van der Waals surface area contributed by atoms with Gasteiger partial charge in [-0.1, -0.05) is 49.4 Å². The van der Waals surface area contributed by atoms with Crippen molar-refractivity contribution in [2.45, 2.75) is 45.8 Å². The van der Waals surface area contributed by atoms with Gasteiger partial charge in [0.2, 0.25) is 0 Å². The minimum absolute atomic E-state index is 0.223. The van der Waals surface area contributed by atoms with Gasteiger partial charge in [-0.15, -0.1) is 0 Å². The second-order valence-corrected chi connectivity index (χ2v) is 5.56. The summed E-state index contributed by atoms with van der Waals surface area (Å²) in [7, 11) is 0. The summed E-state index contributed by atoms with van der Waals surface area (Å²) in [5.74, 6) is 0. The van der Waals surface area contributed by atoms with E-state index in [-0.39, 0.29) is 6.10 Å². The number of fused-ring (bicyclic) bond motifs is 1. The van der Waals surface area contributed by atoms with E-state index in [1.54, 1.807) is 0 Å². The van der Waals surface area contributed by atoms with E-state index in [1.807, 2.05) is 0 Å². The van der Waals surface area contributed by atoms with E-state index < -0.39 is 0 Å². The van der Waals surface area contributed by atoms with Crippen LogP contribution >= 0.6 is 0 Å². The quantitative estimate of drug-likeness (QED) is 0.786. The molecule has 0 radical (unpaired) electrons. The average molecular weight is 285 g/mol. The van der Waals surface area contributed by atoms with Crippen molar-refractivity contribution < 1.29 is 4.74 Å². The Morgan fingerprint density at radius 2 is 1.81 bits per heavy atom. The first-order chi connectivity index (χ1) is 10.3. The Kier molecular flexibility index (Phi) is 6.21. The third-order valence-corrected chi connectivity index (χ3v) is 3.97. The van der Waals surface area contributed by atoms with E-state index in [0.29, 0.717) is 6.04 Å².